The molecule has 0 aliphatic heterocycles. The molecule has 6 nitrogen and oxygen atoms in total. The number of alkyl halides is 3. The molecule has 0 fully saturated rings. The minimum absolute atomic E-state index is 0.0311. The molecule has 2 rings (SSSR count). The third-order valence-electron chi connectivity index (χ3n) is 4.17. The summed E-state index contributed by atoms with van der Waals surface area (Å²) in [4.78, 5) is 12.2. The second kappa shape index (κ2) is 7.93. The van der Waals surface area contributed by atoms with Crippen LogP contribution in [0.15, 0.2) is 17.0 Å². The van der Waals surface area contributed by atoms with Gasteiger partial charge in [-0.05, 0) is 62.5 Å². The summed E-state index contributed by atoms with van der Waals surface area (Å²) in [6.45, 7) is -1.01. The van der Waals surface area contributed by atoms with Crippen LogP contribution in [0, 0.1) is 0 Å². The van der Waals surface area contributed by atoms with Crippen LogP contribution in [0.25, 0.3) is 0 Å². The summed E-state index contributed by atoms with van der Waals surface area (Å²) in [6, 6.07) is 2.64. The van der Waals surface area contributed by atoms with Crippen molar-refractivity contribution in [3.05, 3.63) is 28.8 Å². The Morgan fingerprint density at radius 1 is 1.31 bits per heavy atom. The van der Waals surface area contributed by atoms with Crippen molar-refractivity contribution in [3.63, 3.8) is 0 Å². The van der Waals surface area contributed by atoms with Crippen LogP contribution in [0.4, 0.5) is 13.2 Å². The quantitative estimate of drug-likeness (QED) is 0.659. The lowest BCUT2D eigenvalue weighted by Crippen LogP contribution is -2.34. The highest BCUT2D eigenvalue weighted by atomic mass is 32.2. The fourth-order valence-electron chi connectivity index (χ4n) is 3.05. The zero-order valence-corrected chi connectivity index (χ0v) is 15.1. The van der Waals surface area contributed by atoms with Crippen LogP contribution in [0.1, 0.15) is 34.3 Å². The van der Waals surface area contributed by atoms with Gasteiger partial charge >= 0.3 is 12.1 Å². The molecular weight excluding hydrogens is 373 g/mol. The molecule has 1 aromatic carbocycles. The van der Waals surface area contributed by atoms with E-state index in [-0.39, 0.29) is 30.0 Å². The molecule has 0 aromatic heterocycles. The molecule has 0 amide bonds. The predicted molar refractivity (Wildman–Crippen MR) is 88.8 cm³/mol. The molecule has 0 radical (unpaired) electrons. The summed E-state index contributed by atoms with van der Waals surface area (Å²) >= 11 is 0. The molecule has 0 unspecified atom stereocenters. The Labute approximate surface area is 150 Å². The van der Waals surface area contributed by atoms with E-state index in [2.05, 4.69) is 4.72 Å². The van der Waals surface area contributed by atoms with Gasteiger partial charge in [-0.1, -0.05) is 0 Å². The molecule has 0 spiro atoms. The molecule has 0 atom stereocenters. The van der Waals surface area contributed by atoms with Crippen molar-refractivity contribution < 1.29 is 31.5 Å². The minimum atomic E-state index is -4.30. The molecule has 26 heavy (non-hydrogen) atoms. The summed E-state index contributed by atoms with van der Waals surface area (Å²) in [5.74, 6) is -1.20. The second-order valence-electron chi connectivity index (χ2n) is 6.38. The molecule has 1 aliphatic rings. The van der Waals surface area contributed by atoms with E-state index in [0.717, 1.165) is 23.0 Å². The number of sulfonamides is 1. The van der Waals surface area contributed by atoms with E-state index in [1.54, 1.807) is 0 Å². The Balaban J connectivity index is 2.03. The maximum Gasteiger partial charge on any atom is 0.401 e. The third-order valence-corrected chi connectivity index (χ3v) is 5.70. The zero-order chi connectivity index (χ0) is 19.5. The van der Waals surface area contributed by atoms with Crippen molar-refractivity contribution in [2.24, 2.45) is 0 Å². The lowest BCUT2D eigenvalue weighted by molar-refractivity contribution is -0.143. The number of hydrogen-bond donors (Lipinski definition) is 2. The SMILES string of the molecule is CN(CCCNS(=O)(=O)c1cc(C(=O)O)cc2c1CCC2)CC(F)(F)F. The largest absolute Gasteiger partial charge is 0.478 e. The fourth-order valence-corrected chi connectivity index (χ4v) is 4.46. The van der Waals surface area contributed by atoms with Crippen LogP contribution in [-0.4, -0.2) is 57.3 Å². The van der Waals surface area contributed by atoms with Crippen molar-refractivity contribution >= 4 is 16.0 Å². The standard InChI is InChI=1S/C16H21F3N2O4S/c1-21(10-16(17,18)19)7-3-6-20-26(24,25)14-9-12(15(22)23)8-11-4-2-5-13(11)14/h8-9,20H,2-7,10H2,1H3,(H,22,23). The van der Waals surface area contributed by atoms with Gasteiger partial charge in [0.1, 0.15) is 0 Å². The number of nitrogens with one attached hydrogen (secondary N) is 1. The van der Waals surface area contributed by atoms with E-state index in [9.17, 15) is 26.4 Å². The normalized spacial score (nSPS) is 14.7. The maximum atomic E-state index is 12.5. The maximum absolute atomic E-state index is 12.5. The van der Waals surface area contributed by atoms with Gasteiger partial charge in [-0.25, -0.2) is 17.9 Å². The molecule has 146 valence electrons. The van der Waals surface area contributed by atoms with Gasteiger partial charge in [0.15, 0.2) is 0 Å². The molecule has 0 bridgehead atoms. The van der Waals surface area contributed by atoms with Gasteiger partial charge in [-0.15, -0.1) is 0 Å². The number of fused-ring (bicyclic) bond motifs is 1. The third kappa shape index (κ3) is 5.42. The monoisotopic (exact) mass is 394 g/mol. The topological polar surface area (TPSA) is 86.7 Å². The summed E-state index contributed by atoms with van der Waals surface area (Å²) < 4.78 is 64.2. The van der Waals surface area contributed by atoms with Gasteiger partial charge in [-0.2, -0.15) is 13.2 Å². The molecule has 0 heterocycles. The Kier molecular flexibility index (Phi) is 6.30. The zero-order valence-electron chi connectivity index (χ0n) is 14.3. The van der Waals surface area contributed by atoms with Crippen molar-refractivity contribution in [1.29, 1.82) is 0 Å². The van der Waals surface area contributed by atoms with Crippen molar-refractivity contribution in [2.45, 2.75) is 36.8 Å². The van der Waals surface area contributed by atoms with E-state index >= 15 is 0 Å². The van der Waals surface area contributed by atoms with Crippen molar-refractivity contribution in [3.8, 4) is 0 Å². The smallest absolute Gasteiger partial charge is 0.401 e. The van der Waals surface area contributed by atoms with Gasteiger partial charge in [0, 0.05) is 6.54 Å². The van der Waals surface area contributed by atoms with E-state index < -0.39 is 28.7 Å². The Hall–Kier alpha value is -1.65. The van der Waals surface area contributed by atoms with Crippen LogP contribution in [-0.2, 0) is 22.9 Å². The number of halogens is 3. The first kappa shape index (κ1) is 20.7. The van der Waals surface area contributed by atoms with E-state index in [1.807, 2.05) is 0 Å². The number of nitrogens with zero attached hydrogens (tertiary/aromatic N) is 1. The number of carbonyl (C=O) groups is 1. The Morgan fingerprint density at radius 3 is 2.62 bits per heavy atom. The molecule has 0 saturated heterocycles. The summed E-state index contributed by atoms with van der Waals surface area (Å²) in [7, 11) is -2.62. The highest BCUT2D eigenvalue weighted by Crippen LogP contribution is 2.30. The number of aromatic carboxylic acids is 1. The number of hydrogen-bond acceptors (Lipinski definition) is 4. The number of rotatable bonds is 8. The predicted octanol–water partition coefficient (Wildman–Crippen LogP) is 2.04. The lowest BCUT2D eigenvalue weighted by atomic mass is 10.1. The average molecular weight is 394 g/mol. The number of benzene rings is 1. The van der Waals surface area contributed by atoms with Crippen LogP contribution < -0.4 is 4.72 Å². The highest BCUT2D eigenvalue weighted by Gasteiger charge is 2.29. The number of carboxylic acid groups (broad SMARTS) is 1. The molecule has 0 saturated carbocycles. The Bertz CT molecular complexity index is 778. The molecule has 1 aliphatic carbocycles. The van der Waals surface area contributed by atoms with E-state index in [0.29, 0.717) is 18.4 Å². The van der Waals surface area contributed by atoms with E-state index in [4.69, 9.17) is 5.11 Å². The average Bonchev–Trinajstić information content (AvgIpc) is 2.97. The second-order valence-corrected chi connectivity index (χ2v) is 8.11. The minimum Gasteiger partial charge on any atom is -0.478 e. The van der Waals surface area contributed by atoms with E-state index in [1.165, 1.54) is 13.1 Å². The summed E-state index contributed by atoms with van der Waals surface area (Å²) in [6.07, 6.45) is -2.16. The lowest BCUT2D eigenvalue weighted by Gasteiger charge is -2.18. The first-order valence-corrected chi connectivity index (χ1v) is 9.62. The van der Waals surface area contributed by atoms with Gasteiger partial charge in [0.05, 0.1) is 17.0 Å². The number of aryl methyl sites for hydroxylation is 1. The van der Waals surface area contributed by atoms with Gasteiger partial charge in [-0.3, -0.25) is 4.90 Å². The fraction of sp³-hybridized carbons (Fsp3) is 0.562. The van der Waals surface area contributed by atoms with Crippen LogP contribution >= 0.6 is 0 Å². The van der Waals surface area contributed by atoms with Crippen LogP contribution in [0.3, 0.4) is 0 Å². The van der Waals surface area contributed by atoms with Crippen LogP contribution in [0.2, 0.25) is 0 Å². The summed E-state index contributed by atoms with van der Waals surface area (Å²) in [5.41, 5.74) is 1.25. The summed E-state index contributed by atoms with van der Waals surface area (Å²) in [5, 5.41) is 9.16. The van der Waals surface area contributed by atoms with Gasteiger partial charge < -0.3 is 5.11 Å². The Morgan fingerprint density at radius 2 is 2.00 bits per heavy atom. The first-order valence-electron chi connectivity index (χ1n) is 8.13. The molecule has 10 heteroatoms. The molecule has 1 aromatic rings. The van der Waals surface area contributed by atoms with Crippen molar-refractivity contribution in [2.75, 3.05) is 26.7 Å². The highest BCUT2D eigenvalue weighted by molar-refractivity contribution is 7.89. The molecular formula is C16H21F3N2O4S. The van der Waals surface area contributed by atoms with Crippen molar-refractivity contribution in [1.82, 2.24) is 9.62 Å². The number of carboxylic acids is 1. The van der Waals surface area contributed by atoms with Gasteiger partial charge in [0.2, 0.25) is 10.0 Å². The first-order chi connectivity index (χ1) is 12.0. The van der Waals surface area contributed by atoms with Gasteiger partial charge in [0.25, 0.3) is 0 Å². The van der Waals surface area contributed by atoms with Crippen LogP contribution in [0.5, 0.6) is 0 Å². The molecule has 2 N–H and O–H groups in total.